The Balaban J connectivity index is 2.29. The molecule has 0 nitrogen and oxygen atoms in total. The first-order valence-corrected chi connectivity index (χ1v) is 8.12. The van der Waals surface area contributed by atoms with Crippen molar-refractivity contribution in [3.8, 4) is 0 Å². The highest BCUT2D eigenvalue weighted by Gasteiger charge is 2.67. The molecular weight excluding hydrogens is 348 g/mol. The Morgan fingerprint density at radius 1 is 1.25 bits per heavy atom. The summed E-state index contributed by atoms with van der Waals surface area (Å²) < 4.78 is 1.26. The monoisotopic (exact) mass is 364 g/mol. The molecule has 1 aliphatic carbocycles. The predicted octanol–water partition coefficient (Wildman–Crippen LogP) is 5.94. The van der Waals surface area contributed by atoms with Gasteiger partial charge in [0.2, 0.25) is 0 Å². The molecule has 0 amide bonds. The summed E-state index contributed by atoms with van der Waals surface area (Å²) in [6.45, 7) is 11.7. The molecule has 1 aliphatic rings. The molecule has 1 aromatic heterocycles. The second-order valence-electron chi connectivity index (χ2n) is 5.89. The van der Waals surface area contributed by atoms with E-state index >= 15 is 0 Å². The van der Waals surface area contributed by atoms with Crippen LogP contribution in [0.1, 0.15) is 42.3 Å². The summed E-state index contributed by atoms with van der Waals surface area (Å²) in [6, 6.07) is 2.22. The molecule has 1 fully saturated rings. The molecule has 0 aromatic carbocycles. The van der Waals surface area contributed by atoms with Crippen LogP contribution in [0.5, 0.6) is 0 Å². The van der Waals surface area contributed by atoms with Crippen molar-refractivity contribution in [3.63, 3.8) is 0 Å². The van der Waals surface area contributed by atoms with Crippen molar-refractivity contribution >= 4 is 43.2 Å². The smallest absolute Gasteiger partial charge is 0.0539 e. The van der Waals surface area contributed by atoms with E-state index in [1.54, 1.807) is 0 Å². The van der Waals surface area contributed by atoms with E-state index in [9.17, 15) is 0 Å². The predicted molar refractivity (Wildman–Crippen MR) is 79.5 cm³/mol. The fraction of sp³-hybridized carbons (Fsp3) is 0.692. The average molecular weight is 366 g/mol. The topological polar surface area (TPSA) is 0 Å². The molecule has 0 saturated heterocycles. The molecule has 0 N–H and O–H groups in total. The number of alkyl halides is 1. The van der Waals surface area contributed by atoms with Crippen molar-refractivity contribution in [1.82, 2.24) is 0 Å². The van der Waals surface area contributed by atoms with Crippen LogP contribution >= 0.6 is 43.2 Å². The number of aryl methyl sites for hydroxylation is 1. The Bertz CT molecular complexity index is 404. The first-order chi connectivity index (χ1) is 7.19. The van der Waals surface area contributed by atoms with Gasteiger partial charge < -0.3 is 0 Å². The molecule has 1 saturated carbocycles. The van der Waals surface area contributed by atoms with Gasteiger partial charge in [0.25, 0.3) is 0 Å². The van der Waals surface area contributed by atoms with Gasteiger partial charge in [-0.3, -0.25) is 0 Å². The Morgan fingerprint density at radius 2 is 1.75 bits per heavy atom. The zero-order chi connectivity index (χ0) is 12.3. The molecule has 1 heterocycles. The first kappa shape index (κ1) is 13.1. The van der Waals surface area contributed by atoms with Crippen LogP contribution in [0.3, 0.4) is 0 Å². The summed E-state index contributed by atoms with van der Waals surface area (Å²) in [5.74, 6) is 0.717. The Hall–Kier alpha value is 0.660. The second-order valence-corrected chi connectivity index (χ2v) is 9.02. The minimum Gasteiger partial charge on any atom is -0.143 e. The fourth-order valence-electron chi connectivity index (χ4n) is 2.82. The summed E-state index contributed by atoms with van der Waals surface area (Å²) in [7, 11) is 0. The van der Waals surface area contributed by atoms with Crippen molar-refractivity contribution in [1.29, 1.82) is 0 Å². The first-order valence-electron chi connectivity index (χ1n) is 5.59. The van der Waals surface area contributed by atoms with Crippen LogP contribution in [-0.4, -0.2) is 0 Å². The van der Waals surface area contributed by atoms with Crippen LogP contribution < -0.4 is 0 Å². The quantitative estimate of drug-likeness (QED) is 0.569. The molecule has 16 heavy (non-hydrogen) atoms. The summed E-state index contributed by atoms with van der Waals surface area (Å²) in [6.07, 6.45) is 0. The van der Waals surface area contributed by atoms with Crippen molar-refractivity contribution in [2.75, 3.05) is 0 Å². The van der Waals surface area contributed by atoms with Gasteiger partial charge in [-0.1, -0.05) is 43.6 Å². The van der Waals surface area contributed by atoms with Gasteiger partial charge in [-0.05, 0) is 45.7 Å². The van der Waals surface area contributed by atoms with Crippen LogP contribution in [0.4, 0.5) is 0 Å². The molecular formula is C13H18Br2S. The van der Waals surface area contributed by atoms with Crippen molar-refractivity contribution < 1.29 is 0 Å². The van der Waals surface area contributed by atoms with E-state index in [2.05, 4.69) is 72.5 Å². The SMILES string of the molecule is Cc1cc(Br)c(C(Br)C2C(C)(C)C2(C)C)s1. The van der Waals surface area contributed by atoms with E-state index < -0.39 is 0 Å². The number of thiophene rings is 1. The van der Waals surface area contributed by atoms with E-state index in [1.165, 1.54) is 14.2 Å². The van der Waals surface area contributed by atoms with E-state index in [4.69, 9.17) is 0 Å². The highest BCUT2D eigenvalue weighted by atomic mass is 79.9. The lowest BCUT2D eigenvalue weighted by Gasteiger charge is -2.10. The minimum absolute atomic E-state index is 0.429. The minimum atomic E-state index is 0.429. The van der Waals surface area contributed by atoms with Crippen molar-refractivity contribution in [2.45, 2.75) is 39.4 Å². The summed E-state index contributed by atoms with van der Waals surface area (Å²) in [4.78, 5) is 3.30. The molecule has 1 unspecified atom stereocenters. The van der Waals surface area contributed by atoms with Crippen molar-refractivity contribution in [3.05, 3.63) is 20.3 Å². The van der Waals surface area contributed by atoms with Gasteiger partial charge in [0.15, 0.2) is 0 Å². The third-order valence-corrected chi connectivity index (χ3v) is 7.85. The molecule has 90 valence electrons. The number of halogens is 2. The summed E-state index contributed by atoms with van der Waals surface area (Å²) >= 11 is 9.48. The van der Waals surface area contributed by atoms with Crippen LogP contribution in [0.2, 0.25) is 0 Å². The molecule has 0 spiro atoms. The van der Waals surface area contributed by atoms with Gasteiger partial charge in [-0.25, -0.2) is 0 Å². The van der Waals surface area contributed by atoms with Crippen LogP contribution in [0.25, 0.3) is 0 Å². The molecule has 0 aliphatic heterocycles. The molecule has 1 atom stereocenters. The number of hydrogen-bond donors (Lipinski definition) is 0. The summed E-state index contributed by atoms with van der Waals surface area (Å²) in [5.41, 5.74) is 0.858. The normalized spacial score (nSPS) is 24.4. The highest BCUT2D eigenvalue weighted by Crippen LogP contribution is 2.74. The lowest BCUT2D eigenvalue weighted by atomic mass is 10.0. The van der Waals surface area contributed by atoms with Gasteiger partial charge in [0.05, 0.1) is 4.83 Å². The Kier molecular flexibility index (Phi) is 3.13. The summed E-state index contributed by atoms with van der Waals surface area (Å²) in [5, 5.41) is 0. The maximum absolute atomic E-state index is 3.91. The van der Waals surface area contributed by atoms with Gasteiger partial charge in [-0.15, -0.1) is 11.3 Å². The van der Waals surface area contributed by atoms with Crippen molar-refractivity contribution in [2.24, 2.45) is 16.7 Å². The highest BCUT2D eigenvalue weighted by molar-refractivity contribution is 9.11. The van der Waals surface area contributed by atoms with E-state index in [0.717, 1.165) is 0 Å². The third kappa shape index (κ3) is 1.74. The molecule has 0 radical (unpaired) electrons. The number of rotatable bonds is 2. The van der Waals surface area contributed by atoms with E-state index in [1.807, 2.05) is 11.3 Å². The fourth-order valence-corrected chi connectivity index (χ4v) is 6.89. The lowest BCUT2D eigenvalue weighted by molar-refractivity contribution is 0.457. The van der Waals surface area contributed by atoms with Crippen LogP contribution in [0, 0.1) is 23.7 Å². The average Bonchev–Trinajstić information content (AvgIpc) is 2.37. The maximum atomic E-state index is 3.91. The molecule has 0 bridgehead atoms. The van der Waals surface area contributed by atoms with Gasteiger partial charge >= 0.3 is 0 Å². The standard InChI is InChI=1S/C13H18Br2S/c1-7-6-8(14)10(16-7)9(15)11-12(2,3)13(11,4)5/h6,9,11H,1-5H3. The van der Waals surface area contributed by atoms with E-state index in [-0.39, 0.29) is 0 Å². The third-order valence-electron chi connectivity index (χ3n) is 4.51. The van der Waals surface area contributed by atoms with Crippen LogP contribution in [-0.2, 0) is 0 Å². The van der Waals surface area contributed by atoms with Crippen LogP contribution in [0.15, 0.2) is 10.5 Å². The molecule has 3 heteroatoms. The Morgan fingerprint density at radius 3 is 2.06 bits per heavy atom. The Labute approximate surface area is 119 Å². The maximum Gasteiger partial charge on any atom is 0.0539 e. The zero-order valence-electron chi connectivity index (χ0n) is 10.4. The van der Waals surface area contributed by atoms with Gasteiger partial charge in [0, 0.05) is 14.2 Å². The largest absolute Gasteiger partial charge is 0.143 e. The molecule has 2 rings (SSSR count). The van der Waals surface area contributed by atoms with Gasteiger partial charge in [-0.2, -0.15) is 0 Å². The number of hydrogen-bond acceptors (Lipinski definition) is 1. The lowest BCUT2D eigenvalue weighted by Crippen LogP contribution is -1.97. The second kappa shape index (κ2) is 3.83. The van der Waals surface area contributed by atoms with E-state index in [0.29, 0.717) is 21.6 Å². The van der Waals surface area contributed by atoms with Gasteiger partial charge in [0.1, 0.15) is 0 Å². The zero-order valence-corrected chi connectivity index (χ0v) is 14.4. The molecule has 1 aromatic rings.